The molecule has 3 aliphatic heterocycles. The van der Waals surface area contributed by atoms with Crippen LogP contribution in [0.15, 0.2) is 66.7 Å². The van der Waals surface area contributed by atoms with Crippen LogP contribution in [-0.4, -0.2) is 48.6 Å². The van der Waals surface area contributed by atoms with Gasteiger partial charge in [0.2, 0.25) is 0 Å². The Hall–Kier alpha value is -3.06. The molecule has 224 valence electrons. The Labute approximate surface area is 250 Å². The minimum atomic E-state index is -1.19. The second-order valence-electron chi connectivity index (χ2n) is 12.6. The predicted octanol–water partition coefficient (Wildman–Crippen LogP) is 7.31. The van der Waals surface area contributed by atoms with E-state index in [2.05, 4.69) is 62.1 Å². The summed E-state index contributed by atoms with van der Waals surface area (Å²) in [7, 11) is 0. The molecule has 4 atom stereocenters. The number of fused-ring (bicyclic) bond motifs is 1. The first-order valence-electron chi connectivity index (χ1n) is 15.7. The zero-order valence-electron chi connectivity index (χ0n) is 25.4. The lowest BCUT2D eigenvalue weighted by Crippen LogP contribution is -2.53. The van der Waals surface area contributed by atoms with Gasteiger partial charge in [-0.3, -0.25) is 4.90 Å². The minimum Gasteiger partial charge on any atom is -0.488 e. The summed E-state index contributed by atoms with van der Waals surface area (Å²) >= 11 is 0. The second kappa shape index (κ2) is 12.3. The summed E-state index contributed by atoms with van der Waals surface area (Å²) in [5.74, 6) is 2.18. The van der Waals surface area contributed by atoms with E-state index < -0.39 is 11.7 Å². The molecule has 42 heavy (non-hydrogen) atoms. The van der Waals surface area contributed by atoms with Crippen molar-refractivity contribution in [2.45, 2.75) is 89.3 Å². The van der Waals surface area contributed by atoms with Crippen molar-refractivity contribution in [3.63, 3.8) is 0 Å². The molecular formula is C36H45NO5. The van der Waals surface area contributed by atoms with E-state index in [1.807, 2.05) is 37.3 Å². The van der Waals surface area contributed by atoms with Gasteiger partial charge in [-0.2, -0.15) is 0 Å². The highest BCUT2D eigenvalue weighted by Crippen LogP contribution is 2.55. The van der Waals surface area contributed by atoms with Crippen molar-refractivity contribution in [3.05, 3.63) is 89.0 Å². The van der Waals surface area contributed by atoms with Crippen molar-refractivity contribution >= 4 is 0 Å². The van der Waals surface area contributed by atoms with Gasteiger partial charge >= 0.3 is 0 Å². The van der Waals surface area contributed by atoms with Gasteiger partial charge in [0, 0.05) is 31.1 Å². The molecule has 3 aliphatic rings. The normalized spacial score (nSPS) is 26.3. The average molecular weight is 572 g/mol. The number of ether oxygens (including phenoxy) is 4. The van der Waals surface area contributed by atoms with E-state index in [0.717, 1.165) is 67.9 Å². The molecule has 4 unspecified atom stereocenters. The van der Waals surface area contributed by atoms with E-state index in [0.29, 0.717) is 17.4 Å². The molecule has 2 saturated heterocycles. The van der Waals surface area contributed by atoms with Gasteiger partial charge in [-0.1, -0.05) is 57.2 Å². The molecule has 0 aliphatic carbocycles. The van der Waals surface area contributed by atoms with E-state index in [-0.39, 0.29) is 18.3 Å². The summed E-state index contributed by atoms with van der Waals surface area (Å²) in [5.41, 5.74) is 2.90. The van der Waals surface area contributed by atoms with Gasteiger partial charge in [0.05, 0.1) is 12.5 Å². The molecule has 3 aromatic carbocycles. The predicted molar refractivity (Wildman–Crippen MR) is 164 cm³/mol. The Kier molecular flexibility index (Phi) is 8.49. The monoisotopic (exact) mass is 571 g/mol. The number of hydrogen-bond donors (Lipinski definition) is 1. The Morgan fingerprint density at radius 3 is 2.45 bits per heavy atom. The minimum absolute atomic E-state index is 0.234. The van der Waals surface area contributed by atoms with Crippen molar-refractivity contribution in [1.82, 2.24) is 4.90 Å². The topological polar surface area (TPSA) is 60.4 Å². The number of aliphatic hydroxyl groups is 1. The van der Waals surface area contributed by atoms with Gasteiger partial charge in [0.25, 0.3) is 0 Å². The van der Waals surface area contributed by atoms with Crippen LogP contribution in [0.2, 0.25) is 0 Å². The molecule has 2 fully saturated rings. The Morgan fingerprint density at radius 1 is 0.976 bits per heavy atom. The highest BCUT2D eigenvalue weighted by molar-refractivity contribution is 5.51. The number of nitrogens with zero attached hydrogens (tertiary/aromatic N) is 1. The third kappa shape index (κ3) is 5.90. The van der Waals surface area contributed by atoms with Crippen LogP contribution in [0.5, 0.6) is 17.2 Å². The largest absolute Gasteiger partial charge is 0.488 e. The van der Waals surface area contributed by atoms with Gasteiger partial charge in [-0.05, 0) is 79.6 Å². The molecular weight excluding hydrogens is 526 g/mol. The molecule has 0 radical (unpaired) electrons. The van der Waals surface area contributed by atoms with Crippen LogP contribution in [0.4, 0.5) is 0 Å². The second-order valence-corrected chi connectivity index (χ2v) is 12.6. The summed E-state index contributed by atoms with van der Waals surface area (Å²) in [6, 6.07) is 22.5. The van der Waals surface area contributed by atoms with E-state index in [4.69, 9.17) is 18.9 Å². The standard InChI is InChI=1S/C36H45NO5/c1-5-19-37-22-28(23-37)40-26-15-13-25(14-16-26)35-34(30-11-7-6-10-29(30)24(2)3)36(4,38)31-18-17-27(21-32(31)42-35)41-33-12-8-9-20-39-33/h6-7,10-11,13-18,21,24,28,33-35,38H,5,8-9,12,19-20,22-23H2,1-4H3. The fourth-order valence-corrected chi connectivity index (χ4v) is 6.79. The first kappa shape index (κ1) is 29.0. The van der Waals surface area contributed by atoms with E-state index in [9.17, 15) is 5.11 Å². The fraction of sp³-hybridized carbons (Fsp3) is 0.500. The molecule has 0 bridgehead atoms. The third-order valence-electron chi connectivity index (χ3n) is 8.99. The van der Waals surface area contributed by atoms with E-state index in [1.54, 1.807) is 0 Å². The maximum atomic E-state index is 12.4. The van der Waals surface area contributed by atoms with Crippen molar-refractivity contribution in [1.29, 1.82) is 0 Å². The molecule has 1 N–H and O–H groups in total. The van der Waals surface area contributed by atoms with Crippen molar-refractivity contribution in [3.8, 4) is 17.2 Å². The molecule has 6 rings (SSSR count). The van der Waals surface area contributed by atoms with Crippen LogP contribution in [-0.2, 0) is 10.3 Å². The van der Waals surface area contributed by atoms with Crippen LogP contribution in [0.3, 0.4) is 0 Å². The average Bonchev–Trinajstić information content (AvgIpc) is 2.96. The zero-order valence-corrected chi connectivity index (χ0v) is 25.4. The summed E-state index contributed by atoms with van der Waals surface area (Å²) in [4.78, 5) is 2.42. The molecule has 0 aromatic heterocycles. The van der Waals surface area contributed by atoms with Crippen LogP contribution < -0.4 is 14.2 Å². The summed E-state index contributed by atoms with van der Waals surface area (Å²) in [6.07, 6.45) is 3.77. The van der Waals surface area contributed by atoms with Gasteiger partial charge in [-0.25, -0.2) is 0 Å². The number of hydrogen-bond acceptors (Lipinski definition) is 6. The van der Waals surface area contributed by atoms with Gasteiger partial charge in [0.1, 0.15) is 35.1 Å². The molecule has 0 saturated carbocycles. The van der Waals surface area contributed by atoms with Crippen molar-refractivity contribution < 1.29 is 24.1 Å². The van der Waals surface area contributed by atoms with Crippen molar-refractivity contribution in [2.75, 3.05) is 26.2 Å². The molecule has 3 aromatic rings. The number of benzene rings is 3. The Balaban J connectivity index is 1.33. The first-order chi connectivity index (χ1) is 20.3. The fourth-order valence-electron chi connectivity index (χ4n) is 6.79. The smallest absolute Gasteiger partial charge is 0.199 e. The molecule has 6 nitrogen and oxygen atoms in total. The van der Waals surface area contributed by atoms with Crippen LogP contribution in [0.25, 0.3) is 0 Å². The molecule has 3 heterocycles. The summed E-state index contributed by atoms with van der Waals surface area (Å²) in [5, 5.41) is 12.4. The Bertz CT molecular complexity index is 1340. The SMILES string of the molecule is CCCN1CC(Oc2ccc(C3Oc4cc(OC5CCCCO5)ccc4C(C)(O)C3c3ccccc3C(C)C)cc2)C1. The van der Waals surface area contributed by atoms with Gasteiger partial charge in [-0.15, -0.1) is 0 Å². The molecule has 0 amide bonds. The first-order valence-corrected chi connectivity index (χ1v) is 15.7. The molecule has 0 spiro atoms. The van der Waals surface area contributed by atoms with E-state index in [1.165, 1.54) is 12.0 Å². The quantitative estimate of drug-likeness (QED) is 0.291. The number of likely N-dealkylation sites (tertiary alicyclic amines) is 1. The molecule has 6 heteroatoms. The van der Waals surface area contributed by atoms with Crippen LogP contribution >= 0.6 is 0 Å². The third-order valence-corrected chi connectivity index (χ3v) is 8.99. The van der Waals surface area contributed by atoms with E-state index >= 15 is 0 Å². The lowest BCUT2D eigenvalue weighted by Gasteiger charge is -2.45. The zero-order chi connectivity index (χ0) is 29.3. The highest BCUT2D eigenvalue weighted by atomic mass is 16.7. The summed E-state index contributed by atoms with van der Waals surface area (Å²) in [6.45, 7) is 12.3. The van der Waals surface area contributed by atoms with Gasteiger partial charge < -0.3 is 24.1 Å². The Morgan fingerprint density at radius 2 is 1.74 bits per heavy atom. The maximum absolute atomic E-state index is 12.4. The van der Waals surface area contributed by atoms with Crippen LogP contribution in [0, 0.1) is 0 Å². The maximum Gasteiger partial charge on any atom is 0.199 e. The summed E-state index contributed by atoms with van der Waals surface area (Å²) < 4.78 is 25.1. The lowest BCUT2D eigenvalue weighted by atomic mass is 9.70. The van der Waals surface area contributed by atoms with Crippen molar-refractivity contribution in [2.24, 2.45) is 0 Å². The number of rotatable bonds is 9. The van der Waals surface area contributed by atoms with Crippen LogP contribution in [0.1, 0.15) is 93.6 Å². The lowest BCUT2D eigenvalue weighted by molar-refractivity contribution is -0.106. The highest BCUT2D eigenvalue weighted by Gasteiger charge is 2.48. The van der Waals surface area contributed by atoms with Gasteiger partial charge in [0.15, 0.2) is 6.29 Å².